The van der Waals surface area contributed by atoms with E-state index in [4.69, 9.17) is 16.0 Å². The molecule has 0 radical (unpaired) electrons. The van der Waals surface area contributed by atoms with Crippen molar-refractivity contribution in [1.29, 1.82) is 0 Å². The molecule has 144 valence electrons. The van der Waals surface area contributed by atoms with Crippen molar-refractivity contribution in [2.75, 3.05) is 5.01 Å². The molecule has 2 aromatic carbocycles. The average Bonchev–Trinajstić information content (AvgIpc) is 3.29. The molecule has 0 unspecified atom stereocenters. The van der Waals surface area contributed by atoms with Gasteiger partial charge in [0, 0.05) is 16.1 Å². The van der Waals surface area contributed by atoms with Gasteiger partial charge < -0.3 is 14.3 Å². The molecule has 0 spiro atoms. The lowest BCUT2D eigenvalue weighted by molar-refractivity contribution is -0.255. The van der Waals surface area contributed by atoms with E-state index >= 15 is 0 Å². The summed E-state index contributed by atoms with van der Waals surface area (Å²) in [6.07, 6.45) is 1.33. The number of nitrogens with one attached hydrogen (secondary N) is 1. The van der Waals surface area contributed by atoms with E-state index in [0.29, 0.717) is 17.0 Å². The number of carbonyl (C=O) groups is 3. The van der Waals surface area contributed by atoms with Gasteiger partial charge in [0.25, 0.3) is 11.8 Å². The number of hydrogen-bond acceptors (Lipinski definition) is 5. The van der Waals surface area contributed by atoms with Crippen molar-refractivity contribution in [1.82, 2.24) is 5.43 Å². The van der Waals surface area contributed by atoms with Gasteiger partial charge in [-0.2, -0.15) is 0 Å². The molecule has 8 heteroatoms. The fourth-order valence-corrected chi connectivity index (χ4v) is 3.07. The highest BCUT2D eigenvalue weighted by molar-refractivity contribution is 6.33. The molecule has 1 N–H and O–H groups in total. The highest BCUT2D eigenvalue weighted by Crippen LogP contribution is 2.28. The molecule has 7 nitrogen and oxygen atoms in total. The van der Waals surface area contributed by atoms with E-state index in [0.717, 1.165) is 5.01 Å². The van der Waals surface area contributed by atoms with E-state index < -0.39 is 17.8 Å². The fourth-order valence-electron chi connectivity index (χ4n) is 2.88. The minimum Gasteiger partial charge on any atom is -0.545 e. The van der Waals surface area contributed by atoms with Crippen molar-refractivity contribution in [3.63, 3.8) is 0 Å². The molecule has 0 aliphatic carbocycles. The number of amides is 2. The number of nitrogens with zero attached hydrogens (tertiary/aromatic N) is 1. The number of furan rings is 1. The number of rotatable bonds is 4. The normalized spacial score (nSPS) is 15.1. The van der Waals surface area contributed by atoms with Crippen molar-refractivity contribution in [3.8, 4) is 11.3 Å². The number of benzene rings is 2. The van der Waals surface area contributed by atoms with Gasteiger partial charge in [-0.05, 0) is 48.5 Å². The highest BCUT2D eigenvalue weighted by Gasteiger charge is 2.34. The largest absolute Gasteiger partial charge is 0.545 e. The van der Waals surface area contributed by atoms with Crippen LogP contribution in [0.1, 0.15) is 16.1 Å². The smallest absolute Gasteiger partial charge is 0.282 e. The molecule has 3 aromatic rings. The predicted octanol–water partition coefficient (Wildman–Crippen LogP) is 2.42. The first kappa shape index (κ1) is 18.5. The number of para-hydroxylation sites is 1. The Labute approximate surface area is 169 Å². The lowest BCUT2D eigenvalue weighted by atomic mass is 10.1. The molecule has 0 bridgehead atoms. The molecule has 1 fully saturated rings. The SMILES string of the molecule is O=C1NN(c2ccccc2)C(=O)/C1=C/c1ccc(-c2ccc(Cl)c(C(=O)[O-])c2)o1. The third kappa shape index (κ3) is 3.51. The maximum absolute atomic E-state index is 12.6. The standard InChI is InChI=1S/C21H13ClN2O5/c22-17-8-6-12(10-15(17)21(27)28)18-9-7-14(29-18)11-16-19(25)23-24(20(16)26)13-4-2-1-3-5-13/h1-11H,(H,23,25)(H,27,28)/p-1/b16-11+. The van der Waals surface area contributed by atoms with Crippen LogP contribution in [-0.4, -0.2) is 17.8 Å². The van der Waals surface area contributed by atoms with Gasteiger partial charge in [0.1, 0.15) is 17.1 Å². The number of hydrogen-bond donors (Lipinski definition) is 1. The van der Waals surface area contributed by atoms with Crippen LogP contribution in [0.25, 0.3) is 17.4 Å². The number of carbonyl (C=O) groups excluding carboxylic acids is 3. The number of halogens is 1. The summed E-state index contributed by atoms with van der Waals surface area (Å²) < 4.78 is 5.66. The molecule has 2 amide bonds. The monoisotopic (exact) mass is 407 g/mol. The first-order valence-electron chi connectivity index (χ1n) is 8.47. The Hall–Kier alpha value is -3.84. The Kier molecular flexibility index (Phi) is 4.66. The van der Waals surface area contributed by atoms with Crippen LogP contribution in [0.15, 0.2) is 70.7 Å². The molecule has 1 aliphatic rings. The second kappa shape index (κ2) is 7.29. The summed E-state index contributed by atoms with van der Waals surface area (Å²) >= 11 is 5.85. The molecule has 1 aliphatic heterocycles. The minimum atomic E-state index is -1.40. The summed E-state index contributed by atoms with van der Waals surface area (Å²) in [6, 6.07) is 16.2. The summed E-state index contributed by atoms with van der Waals surface area (Å²) in [4.78, 5) is 36.0. The van der Waals surface area contributed by atoms with Gasteiger partial charge in [0.2, 0.25) is 0 Å². The Morgan fingerprint density at radius 1 is 1.07 bits per heavy atom. The van der Waals surface area contributed by atoms with Crippen molar-refractivity contribution < 1.29 is 23.9 Å². The molecule has 2 heterocycles. The van der Waals surface area contributed by atoms with Crippen LogP contribution in [-0.2, 0) is 9.59 Å². The summed E-state index contributed by atoms with van der Waals surface area (Å²) in [5, 5.41) is 12.3. The molecule has 0 atom stereocenters. The maximum Gasteiger partial charge on any atom is 0.282 e. The van der Waals surface area contributed by atoms with Crippen LogP contribution in [0.4, 0.5) is 5.69 Å². The van der Waals surface area contributed by atoms with Gasteiger partial charge in [-0.1, -0.05) is 29.8 Å². The van der Waals surface area contributed by atoms with E-state index in [-0.39, 0.29) is 21.9 Å². The van der Waals surface area contributed by atoms with Crippen molar-refractivity contribution in [3.05, 3.63) is 82.6 Å². The first-order chi connectivity index (χ1) is 13.9. The van der Waals surface area contributed by atoms with E-state index in [9.17, 15) is 19.5 Å². The number of hydrazine groups is 1. The minimum absolute atomic E-state index is 0.0527. The Bertz CT molecular complexity index is 1170. The maximum atomic E-state index is 12.6. The molecule has 1 aromatic heterocycles. The lowest BCUT2D eigenvalue weighted by Gasteiger charge is -2.13. The topological polar surface area (TPSA) is 103 Å². The number of aromatic carboxylic acids is 1. The average molecular weight is 408 g/mol. The van der Waals surface area contributed by atoms with Crippen LogP contribution in [0.5, 0.6) is 0 Å². The first-order valence-corrected chi connectivity index (χ1v) is 8.85. The summed E-state index contributed by atoms with van der Waals surface area (Å²) in [5.41, 5.74) is 3.26. The molecule has 0 saturated carbocycles. The molecular formula is C21H12ClN2O5-. The van der Waals surface area contributed by atoms with Crippen LogP contribution < -0.4 is 15.5 Å². The second-order valence-corrected chi connectivity index (χ2v) is 6.57. The quantitative estimate of drug-likeness (QED) is 0.528. The summed E-state index contributed by atoms with van der Waals surface area (Å²) in [5.74, 6) is -1.85. The van der Waals surface area contributed by atoms with Crippen LogP contribution in [0.2, 0.25) is 5.02 Å². The third-order valence-electron chi connectivity index (χ3n) is 4.29. The van der Waals surface area contributed by atoms with Gasteiger partial charge in [-0.15, -0.1) is 0 Å². The van der Waals surface area contributed by atoms with Gasteiger partial charge in [0.15, 0.2) is 0 Å². The van der Waals surface area contributed by atoms with Gasteiger partial charge >= 0.3 is 0 Å². The zero-order valence-electron chi connectivity index (χ0n) is 14.7. The van der Waals surface area contributed by atoms with Crippen molar-refractivity contribution >= 4 is 41.1 Å². The van der Waals surface area contributed by atoms with Gasteiger partial charge in [-0.25, -0.2) is 5.01 Å². The zero-order valence-corrected chi connectivity index (χ0v) is 15.5. The Morgan fingerprint density at radius 2 is 1.83 bits per heavy atom. The summed E-state index contributed by atoms with van der Waals surface area (Å²) in [6.45, 7) is 0. The van der Waals surface area contributed by atoms with Gasteiger partial charge in [-0.3, -0.25) is 15.0 Å². The highest BCUT2D eigenvalue weighted by atomic mass is 35.5. The number of anilines is 1. The van der Waals surface area contributed by atoms with Crippen LogP contribution in [0.3, 0.4) is 0 Å². The van der Waals surface area contributed by atoms with Crippen LogP contribution >= 0.6 is 11.6 Å². The molecule has 4 rings (SSSR count). The second-order valence-electron chi connectivity index (χ2n) is 6.16. The zero-order chi connectivity index (χ0) is 20.5. The van der Waals surface area contributed by atoms with E-state index in [1.807, 2.05) is 0 Å². The van der Waals surface area contributed by atoms with Crippen molar-refractivity contribution in [2.24, 2.45) is 0 Å². The molecule has 29 heavy (non-hydrogen) atoms. The van der Waals surface area contributed by atoms with E-state index in [1.165, 1.54) is 18.2 Å². The molecule has 1 saturated heterocycles. The number of carboxylic acids is 1. The Balaban J connectivity index is 1.63. The van der Waals surface area contributed by atoms with Crippen molar-refractivity contribution in [2.45, 2.75) is 0 Å². The number of carboxylic acid groups (broad SMARTS) is 1. The van der Waals surface area contributed by atoms with E-state index in [1.54, 1.807) is 48.5 Å². The molecular weight excluding hydrogens is 396 g/mol. The van der Waals surface area contributed by atoms with Crippen LogP contribution in [0, 0.1) is 0 Å². The fraction of sp³-hybridized carbons (Fsp3) is 0. The third-order valence-corrected chi connectivity index (χ3v) is 4.62. The lowest BCUT2D eigenvalue weighted by Crippen LogP contribution is -2.35. The predicted molar refractivity (Wildman–Crippen MR) is 104 cm³/mol. The summed E-state index contributed by atoms with van der Waals surface area (Å²) in [7, 11) is 0. The van der Waals surface area contributed by atoms with Gasteiger partial charge in [0.05, 0.1) is 11.7 Å². The van der Waals surface area contributed by atoms with E-state index in [2.05, 4.69) is 5.43 Å². The Morgan fingerprint density at radius 3 is 2.55 bits per heavy atom.